The summed E-state index contributed by atoms with van der Waals surface area (Å²) in [6.45, 7) is 0.542. The van der Waals surface area contributed by atoms with Crippen LogP contribution in [-0.4, -0.2) is 18.4 Å². The van der Waals surface area contributed by atoms with Crippen molar-refractivity contribution in [3.8, 4) is 0 Å². The Morgan fingerprint density at radius 1 is 0.769 bits per heavy atom. The van der Waals surface area contributed by atoms with Crippen molar-refractivity contribution in [3.05, 3.63) is 71.8 Å². The summed E-state index contributed by atoms with van der Waals surface area (Å²) in [6, 6.07) is 20.9. The van der Waals surface area contributed by atoms with E-state index >= 15 is 0 Å². The number of hydrogen-bond acceptors (Lipinski definition) is 3. The van der Waals surface area contributed by atoms with Crippen LogP contribution in [0.3, 0.4) is 0 Å². The summed E-state index contributed by atoms with van der Waals surface area (Å²) in [5, 5.41) is 0. The van der Waals surface area contributed by atoms with Crippen molar-refractivity contribution >= 4 is 5.78 Å². The summed E-state index contributed by atoms with van der Waals surface area (Å²) in [5.41, 5.74) is 14.2. The summed E-state index contributed by atoms with van der Waals surface area (Å²) in [4.78, 5) is 12.4. The first kappa shape index (κ1) is 20.3. The Kier molecular flexibility index (Phi) is 9.08. The van der Waals surface area contributed by atoms with E-state index in [2.05, 4.69) is 48.5 Å². The van der Waals surface area contributed by atoms with Gasteiger partial charge >= 0.3 is 0 Å². The second kappa shape index (κ2) is 11.6. The molecule has 0 saturated carbocycles. The maximum absolute atomic E-state index is 12.4. The van der Waals surface area contributed by atoms with Crippen LogP contribution in [0.5, 0.6) is 0 Å². The van der Waals surface area contributed by atoms with E-state index in [0.717, 1.165) is 25.7 Å². The zero-order valence-electron chi connectivity index (χ0n) is 15.6. The lowest BCUT2D eigenvalue weighted by molar-refractivity contribution is -0.120. The van der Waals surface area contributed by atoms with Crippen LogP contribution in [0.4, 0.5) is 0 Å². The highest BCUT2D eigenvalue weighted by atomic mass is 16.1. The highest BCUT2D eigenvalue weighted by molar-refractivity contribution is 5.79. The smallest absolute Gasteiger partial charge is 0.134 e. The number of rotatable bonds is 12. The monoisotopic (exact) mass is 352 g/mol. The van der Waals surface area contributed by atoms with Gasteiger partial charge in [0.1, 0.15) is 5.78 Å². The zero-order valence-corrected chi connectivity index (χ0v) is 15.6. The van der Waals surface area contributed by atoms with Crippen molar-refractivity contribution in [2.75, 3.05) is 6.54 Å². The average molecular weight is 353 g/mol. The Labute approximate surface area is 157 Å². The molecule has 0 aromatic heterocycles. The molecule has 2 aromatic rings. The molecular formula is C23H32N2O. The molecular weight excluding hydrogens is 320 g/mol. The van der Waals surface area contributed by atoms with E-state index in [9.17, 15) is 4.79 Å². The number of carbonyl (C=O) groups is 1. The van der Waals surface area contributed by atoms with Crippen molar-refractivity contribution < 1.29 is 4.79 Å². The van der Waals surface area contributed by atoms with Crippen molar-refractivity contribution in [2.45, 2.75) is 51.0 Å². The molecule has 0 fully saturated rings. The average Bonchev–Trinajstić information content (AvgIpc) is 2.65. The van der Waals surface area contributed by atoms with Crippen molar-refractivity contribution in [1.82, 2.24) is 0 Å². The molecule has 4 N–H and O–H groups in total. The highest BCUT2D eigenvalue weighted by Gasteiger charge is 2.16. The predicted octanol–water partition coefficient (Wildman–Crippen LogP) is 3.89. The molecule has 2 rings (SSSR count). The van der Waals surface area contributed by atoms with Gasteiger partial charge in [-0.3, -0.25) is 4.79 Å². The lowest BCUT2D eigenvalue weighted by Crippen LogP contribution is -2.27. The normalized spacial score (nSPS) is 12.3. The summed E-state index contributed by atoms with van der Waals surface area (Å²) >= 11 is 0. The molecule has 0 radical (unpaired) electrons. The van der Waals surface area contributed by atoms with E-state index < -0.39 is 0 Å². The third-order valence-electron chi connectivity index (χ3n) is 4.91. The Bertz CT molecular complexity index is 584. The molecule has 0 bridgehead atoms. The van der Waals surface area contributed by atoms with Crippen LogP contribution in [0.15, 0.2) is 60.7 Å². The van der Waals surface area contributed by atoms with Gasteiger partial charge in [-0.15, -0.1) is 0 Å². The van der Waals surface area contributed by atoms with Crippen molar-refractivity contribution in [2.24, 2.45) is 17.4 Å². The van der Waals surface area contributed by atoms with E-state index in [-0.39, 0.29) is 11.8 Å². The van der Waals surface area contributed by atoms with Gasteiger partial charge in [0.2, 0.25) is 0 Å². The maximum Gasteiger partial charge on any atom is 0.134 e. The Morgan fingerprint density at radius 3 is 1.73 bits per heavy atom. The van der Waals surface area contributed by atoms with Gasteiger partial charge in [0, 0.05) is 18.9 Å². The Balaban J connectivity index is 1.90. The summed E-state index contributed by atoms with van der Waals surface area (Å²) in [5.74, 6) is 0.671. The lowest BCUT2D eigenvalue weighted by Gasteiger charge is -2.18. The molecule has 1 atom stereocenters. The van der Waals surface area contributed by atoms with Gasteiger partial charge in [-0.2, -0.15) is 0 Å². The quantitative estimate of drug-likeness (QED) is 0.609. The van der Waals surface area contributed by atoms with Crippen LogP contribution in [0.2, 0.25) is 0 Å². The van der Waals surface area contributed by atoms with Gasteiger partial charge in [-0.05, 0) is 55.7 Å². The first-order valence-electron chi connectivity index (χ1n) is 9.72. The molecule has 0 aliphatic heterocycles. The molecule has 0 amide bonds. The second-order valence-electron chi connectivity index (χ2n) is 7.20. The number of nitrogens with two attached hydrogens (primary N) is 2. The van der Waals surface area contributed by atoms with E-state index in [0.29, 0.717) is 31.7 Å². The van der Waals surface area contributed by atoms with E-state index in [1.807, 2.05) is 12.1 Å². The molecule has 0 aliphatic carbocycles. The van der Waals surface area contributed by atoms with Crippen LogP contribution in [0.1, 0.15) is 43.2 Å². The van der Waals surface area contributed by atoms with Crippen LogP contribution in [0, 0.1) is 5.92 Å². The molecule has 140 valence electrons. The largest absolute Gasteiger partial charge is 0.330 e. The molecule has 3 nitrogen and oxygen atoms in total. The topological polar surface area (TPSA) is 69.1 Å². The number of Topliss-reactive ketones (excluding diaryl/α,β-unsaturated/α-hetero) is 1. The van der Waals surface area contributed by atoms with Crippen LogP contribution >= 0.6 is 0 Å². The van der Waals surface area contributed by atoms with Gasteiger partial charge < -0.3 is 11.5 Å². The minimum Gasteiger partial charge on any atom is -0.330 e. The number of benzene rings is 2. The lowest BCUT2D eigenvalue weighted by atomic mass is 9.88. The Morgan fingerprint density at radius 2 is 1.27 bits per heavy atom. The third kappa shape index (κ3) is 7.94. The van der Waals surface area contributed by atoms with Gasteiger partial charge in [0.05, 0.1) is 0 Å². The number of hydrogen-bond donors (Lipinski definition) is 2. The molecule has 26 heavy (non-hydrogen) atoms. The van der Waals surface area contributed by atoms with Gasteiger partial charge in [-0.25, -0.2) is 0 Å². The van der Waals surface area contributed by atoms with E-state index in [1.165, 1.54) is 11.1 Å². The van der Waals surface area contributed by atoms with Crippen LogP contribution in [0.25, 0.3) is 0 Å². The summed E-state index contributed by atoms with van der Waals surface area (Å²) in [6.07, 6.45) is 5.89. The fourth-order valence-corrected chi connectivity index (χ4v) is 3.39. The minimum absolute atomic E-state index is 0.101. The Hall–Kier alpha value is -1.97. The SMILES string of the molecule is NCC[C@H](N)CC(=O)CC(CCc1ccccc1)CCc1ccccc1. The maximum atomic E-state index is 12.4. The molecule has 0 spiro atoms. The minimum atomic E-state index is -0.101. The fraction of sp³-hybridized carbons (Fsp3) is 0.435. The van der Waals surface area contributed by atoms with Crippen LogP contribution < -0.4 is 11.5 Å². The number of carbonyl (C=O) groups excluding carboxylic acids is 1. The molecule has 3 heteroatoms. The fourth-order valence-electron chi connectivity index (χ4n) is 3.39. The second-order valence-corrected chi connectivity index (χ2v) is 7.20. The van der Waals surface area contributed by atoms with Gasteiger partial charge in [-0.1, -0.05) is 60.7 Å². The zero-order chi connectivity index (χ0) is 18.6. The molecule has 0 saturated heterocycles. The summed E-state index contributed by atoms with van der Waals surface area (Å²) in [7, 11) is 0. The number of aryl methyl sites for hydroxylation is 2. The molecule has 0 aliphatic rings. The van der Waals surface area contributed by atoms with Gasteiger partial charge in [0.25, 0.3) is 0 Å². The standard InChI is InChI=1S/C23H32N2O/c24-16-15-22(25)18-23(26)17-21(13-11-19-7-3-1-4-8-19)14-12-20-9-5-2-6-10-20/h1-10,21-22H,11-18,24-25H2/t22-/m0/s1. The van der Waals surface area contributed by atoms with Crippen LogP contribution in [-0.2, 0) is 17.6 Å². The first-order valence-corrected chi connectivity index (χ1v) is 9.72. The van der Waals surface area contributed by atoms with E-state index in [4.69, 9.17) is 11.5 Å². The van der Waals surface area contributed by atoms with E-state index in [1.54, 1.807) is 0 Å². The number of ketones is 1. The summed E-state index contributed by atoms with van der Waals surface area (Å²) < 4.78 is 0. The highest BCUT2D eigenvalue weighted by Crippen LogP contribution is 2.21. The molecule has 2 aromatic carbocycles. The van der Waals surface area contributed by atoms with Gasteiger partial charge in [0.15, 0.2) is 0 Å². The van der Waals surface area contributed by atoms with Crippen molar-refractivity contribution in [1.29, 1.82) is 0 Å². The van der Waals surface area contributed by atoms with Crippen molar-refractivity contribution in [3.63, 3.8) is 0 Å². The molecule has 0 unspecified atom stereocenters. The first-order chi connectivity index (χ1) is 12.7. The molecule has 0 heterocycles. The third-order valence-corrected chi connectivity index (χ3v) is 4.91. The predicted molar refractivity (Wildman–Crippen MR) is 109 cm³/mol.